The van der Waals surface area contributed by atoms with E-state index >= 15 is 0 Å². The van der Waals surface area contributed by atoms with Crippen LogP contribution in [0.1, 0.15) is 96.8 Å². The first kappa shape index (κ1) is 29.7. The van der Waals surface area contributed by atoms with Crippen LogP contribution < -0.4 is 5.32 Å². The lowest BCUT2D eigenvalue weighted by molar-refractivity contribution is -0.139. The van der Waals surface area contributed by atoms with Crippen LogP contribution in [0.25, 0.3) is 0 Å². The third-order valence-corrected chi connectivity index (χ3v) is 5.46. The number of aliphatic hydroxyl groups is 3. The molecular weight excluding hydrogens is 398 g/mol. The molecule has 2 unspecified atom stereocenters. The molecule has 1 aliphatic rings. The first-order chi connectivity index (χ1) is 14.9. The molecule has 1 aliphatic heterocycles. The van der Waals surface area contributed by atoms with Gasteiger partial charge in [-0.1, -0.05) is 77.2 Å². The molecule has 0 aromatic heterocycles. The van der Waals surface area contributed by atoms with Gasteiger partial charge in [0, 0.05) is 0 Å². The normalized spacial score (nSPS) is 17.9. The molecule has 0 spiro atoms. The molecule has 7 heteroatoms. The van der Waals surface area contributed by atoms with Crippen molar-refractivity contribution >= 4 is 11.8 Å². The average molecular weight is 444 g/mol. The largest absolute Gasteiger partial charge is 0.480 e. The van der Waals surface area contributed by atoms with Gasteiger partial charge in [-0.15, -0.1) is 0 Å². The first-order valence-electron chi connectivity index (χ1n) is 12.1. The Labute approximate surface area is 187 Å². The maximum Gasteiger partial charge on any atom is 0.320 e. The molecule has 1 rings (SSSR count). The minimum Gasteiger partial charge on any atom is -0.480 e. The van der Waals surface area contributed by atoms with Gasteiger partial charge in [0.25, 0.3) is 0 Å². The highest BCUT2D eigenvalue weighted by Crippen LogP contribution is 2.12. The van der Waals surface area contributed by atoms with Crippen molar-refractivity contribution < 1.29 is 30.0 Å². The summed E-state index contributed by atoms with van der Waals surface area (Å²) in [6, 6.07) is -0.269. The van der Waals surface area contributed by atoms with E-state index in [9.17, 15) is 14.7 Å². The van der Waals surface area contributed by atoms with Gasteiger partial charge in [-0.05, 0) is 38.3 Å². The van der Waals surface area contributed by atoms with Crippen molar-refractivity contribution in [2.45, 2.75) is 115 Å². The van der Waals surface area contributed by atoms with Crippen LogP contribution in [-0.4, -0.2) is 63.6 Å². The summed E-state index contributed by atoms with van der Waals surface area (Å²) in [7, 11) is 0. The number of ketones is 1. The number of carbonyl (C=O) groups excluding carboxylic acids is 1. The highest BCUT2D eigenvalue weighted by atomic mass is 16.4. The van der Waals surface area contributed by atoms with Crippen molar-refractivity contribution in [1.29, 1.82) is 0 Å². The Morgan fingerprint density at radius 1 is 0.968 bits per heavy atom. The molecule has 5 N–H and O–H groups in total. The number of hydrogen-bond acceptors (Lipinski definition) is 6. The van der Waals surface area contributed by atoms with Crippen molar-refractivity contribution in [3.8, 4) is 0 Å². The zero-order chi connectivity index (χ0) is 23.3. The Kier molecular flexibility index (Phi) is 19.8. The molecule has 182 valence electrons. The summed E-state index contributed by atoms with van der Waals surface area (Å²) in [5.41, 5.74) is 0. The van der Waals surface area contributed by atoms with E-state index in [1.54, 1.807) is 6.08 Å². The Morgan fingerprint density at radius 3 is 1.94 bits per heavy atom. The van der Waals surface area contributed by atoms with Crippen molar-refractivity contribution in [3.63, 3.8) is 0 Å². The number of aliphatic hydroxyl groups excluding tert-OH is 3. The van der Waals surface area contributed by atoms with Gasteiger partial charge in [-0.25, -0.2) is 0 Å². The zero-order valence-corrected chi connectivity index (χ0v) is 19.3. The summed E-state index contributed by atoms with van der Waals surface area (Å²) >= 11 is 0. The van der Waals surface area contributed by atoms with Crippen LogP contribution in [0, 0.1) is 0 Å². The Bertz CT molecular complexity index is 477. The predicted molar refractivity (Wildman–Crippen MR) is 123 cm³/mol. The van der Waals surface area contributed by atoms with Gasteiger partial charge >= 0.3 is 5.97 Å². The van der Waals surface area contributed by atoms with Crippen molar-refractivity contribution in [1.82, 2.24) is 5.32 Å². The number of nitrogens with one attached hydrogen (secondary N) is 1. The average Bonchev–Trinajstić information content (AvgIpc) is 3.31. The smallest absolute Gasteiger partial charge is 0.320 e. The van der Waals surface area contributed by atoms with Gasteiger partial charge in [0.15, 0.2) is 5.78 Å². The first-order valence-corrected chi connectivity index (χ1v) is 12.1. The van der Waals surface area contributed by atoms with Gasteiger partial charge in [-0.2, -0.15) is 0 Å². The second kappa shape index (κ2) is 20.6. The molecule has 1 fully saturated rings. The molecule has 0 aliphatic carbocycles. The molecule has 0 aromatic rings. The third kappa shape index (κ3) is 17.0. The lowest BCUT2D eigenvalue weighted by Gasteiger charge is -2.11. The van der Waals surface area contributed by atoms with E-state index in [0.717, 1.165) is 38.6 Å². The fourth-order valence-electron chi connectivity index (χ4n) is 3.41. The lowest BCUT2D eigenvalue weighted by atomic mass is 10.0. The Morgan fingerprint density at radius 2 is 1.52 bits per heavy atom. The minimum atomic E-state index is -1.52. The van der Waals surface area contributed by atoms with Crippen LogP contribution in [0.3, 0.4) is 0 Å². The van der Waals surface area contributed by atoms with Crippen LogP contribution in [0.15, 0.2) is 12.2 Å². The fraction of sp³-hybridized carbons (Fsp3) is 0.833. The summed E-state index contributed by atoms with van der Waals surface area (Å²) in [6.07, 6.45) is 16.9. The zero-order valence-electron chi connectivity index (χ0n) is 19.3. The molecule has 1 saturated heterocycles. The number of carboxylic acid groups (broad SMARTS) is 1. The second-order valence-corrected chi connectivity index (χ2v) is 8.31. The second-order valence-electron chi connectivity index (χ2n) is 8.31. The van der Waals surface area contributed by atoms with Crippen LogP contribution in [0.2, 0.25) is 0 Å². The van der Waals surface area contributed by atoms with E-state index in [1.165, 1.54) is 63.9 Å². The van der Waals surface area contributed by atoms with Gasteiger partial charge in [-0.3, -0.25) is 9.59 Å². The standard InChI is InChI=1S/C19H36O4.C5H9NO2/c1-2-3-4-5-6-7-8-9-10-11-12-13-14-15-17(21)19(23)18(22)16-20;7-5(8)4-2-1-3-6-4/h14-15,18-20,22-23H,2-13,16H2,1H3;4,6H,1-3H2,(H,7,8)/t;4-/m.0/s1. The molecule has 7 nitrogen and oxygen atoms in total. The SMILES string of the molecule is CCCCCCCCCCCCCC=CC(=O)C(O)C(O)CO.O=C(O)[C@@H]1CCCN1. The quantitative estimate of drug-likeness (QED) is 0.172. The monoisotopic (exact) mass is 443 g/mol. The summed E-state index contributed by atoms with van der Waals surface area (Å²) in [5, 5.41) is 38.4. The Balaban J connectivity index is 0.000000929. The number of aliphatic carboxylic acids is 1. The van der Waals surface area contributed by atoms with Gasteiger partial charge in [0.2, 0.25) is 0 Å². The molecule has 0 aromatic carbocycles. The van der Waals surface area contributed by atoms with E-state index in [4.69, 9.17) is 15.3 Å². The maximum absolute atomic E-state index is 11.4. The van der Waals surface area contributed by atoms with Crippen molar-refractivity contribution in [2.75, 3.05) is 13.2 Å². The lowest BCUT2D eigenvalue weighted by Crippen LogP contribution is -2.35. The number of carbonyl (C=O) groups is 2. The van der Waals surface area contributed by atoms with Crippen LogP contribution in [0.4, 0.5) is 0 Å². The number of rotatable bonds is 17. The molecule has 0 saturated carbocycles. The minimum absolute atomic E-state index is 0.269. The van der Waals surface area contributed by atoms with Crippen molar-refractivity contribution in [2.24, 2.45) is 0 Å². The predicted octanol–water partition coefficient (Wildman–Crippen LogP) is 3.35. The van der Waals surface area contributed by atoms with E-state index in [2.05, 4.69) is 12.2 Å². The van der Waals surface area contributed by atoms with Gasteiger partial charge in [0.1, 0.15) is 18.2 Å². The summed E-state index contributed by atoms with van der Waals surface area (Å²) in [5.74, 6) is -1.27. The van der Waals surface area contributed by atoms with Gasteiger partial charge in [0.05, 0.1) is 6.61 Å². The van der Waals surface area contributed by atoms with Crippen molar-refractivity contribution in [3.05, 3.63) is 12.2 Å². The number of unbranched alkanes of at least 4 members (excludes halogenated alkanes) is 11. The van der Waals surface area contributed by atoms with Gasteiger partial charge < -0.3 is 25.7 Å². The molecule has 1 heterocycles. The summed E-state index contributed by atoms with van der Waals surface area (Å²) in [4.78, 5) is 21.6. The number of carboxylic acids is 1. The number of allylic oxidation sites excluding steroid dienone is 1. The van der Waals surface area contributed by atoms with Crippen LogP contribution in [0.5, 0.6) is 0 Å². The molecule has 31 heavy (non-hydrogen) atoms. The maximum atomic E-state index is 11.4. The highest BCUT2D eigenvalue weighted by molar-refractivity contribution is 5.93. The molecule has 3 atom stereocenters. The Hall–Kier alpha value is -1.28. The molecule has 0 amide bonds. The van der Waals surface area contributed by atoms with E-state index in [1.807, 2.05) is 0 Å². The fourth-order valence-corrected chi connectivity index (χ4v) is 3.41. The molecular formula is C24H45NO6. The molecule has 0 radical (unpaired) electrons. The van der Waals surface area contributed by atoms with Crippen LogP contribution >= 0.6 is 0 Å². The van der Waals surface area contributed by atoms with E-state index < -0.39 is 30.6 Å². The van der Waals surface area contributed by atoms with E-state index in [-0.39, 0.29) is 6.04 Å². The topological polar surface area (TPSA) is 127 Å². The highest BCUT2D eigenvalue weighted by Gasteiger charge is 2.21. The number of hydrogen-bond donors (Lipinski definition) is 5. The summed E-state index contributed by atoms with van der Waals surface area (Å²) < 4.78 is 0. The summed E-state index contributed by atoms with van der Waals surface area (Å²) in [6.45, 7) is 2.49. The molecule has 0 bridgehead atoms. The van der Waals surface area contributed by atoms with Crippen LogP contribution in [-0.2, 0) is 9.59 Å². The van der Waals surface area contributed by atoms with E-state index in [0.29, 0.717) is 0 Å². The third-order valence-electron chi connectivity index (χ3n) is 5.46.